The van der Waals surface area contributed by atoms with Gasteiger partial charge >= 0.3 is 5.97 Å². The number of allylic oxidation sites excluding steroid dienone is 2. The lowest BCUT2D eigenvalue weighted by Gasteiger charge is -2.34. The third-order valence-corrected chi connectivity index (χ3v) is 3.01. The number of carbonyl (C=O) groups is 1. The van der Waals surface area contributed by atoms with Gasteiger partial charge in [-0.2, -0.15) is 0 Å². The summed E-state index contributed by atoms with van der Waals surface area (Å²) in [5.41, 5.74) is 2.75. The van der Waals surface area contributed by atoms with Crippen molar-refractivity contribution in [1.29, 1.82) is 0 Å². The van der Waals surface area contributed by atoms with Gasteiger partial charge in [-0.3, -0.25) is 4.79 Å². The zero-order valence-electron chi connectivity index (χ0n) is 9.64. The third kappa shape index (κ3) is 2.86. The monoisotopic (exact) mass is 196 g/mol. The van der Waals surface area contributed by atoms with Gasteiger partial charge in [-0.15, -0.1) is 0 Å². The van der Waals surface area contributed by atoms with Crippen molar-refractivity contribution in [3.05, 3.63) is 11.1 Å². The molecule has 1 saturated carbocycles. The van der Waals surface area contributed by atoms with Crippen LogP contribution in [-0.4, -0.2) is 11.6 Å². The first-order valence-corrected chi connectivity index (χ1v) is 5.28. The summed E-state index contributed by atoms with van der Waals surface area (Å²) in [6.45, 7) is 7.84. The van der Waals surface area contributed by atoms with E-state index < -0.39 is 0 Å². The number of ether oxygens (including phenoxy) is 1. The van der Waals surface area contributed by atoms with Gasteiger partial charge in [0.05, 0.1) is 0 Å². The topological polar surface area (TPSA) is 26.3 Å². The number of carbonyl (C=O) groups excluding carboxylic acids is 1. The summed E-state index contributed by atoms with van der Waals surface area (Å²) in [4.78, 5) is 10.9. The predicted octanol–water partition coefficient (Wildman–Crippen LogP) is 3.22. The minimum absolute atomic E-state index is 0.159. The molecule has 1 rings (SSSR count). The number of hydrogen-bond donors (Lipinski definition) is 0. The van der Waals surface area contributed by atoms with Crippen molar-refractivity contribution in [2.24, 2.45) is 0 Å². The fourth-order valence-corrected chi connectivity index (χ4v) is 2.03. The number of rotatable bonds is 1. The van der Waals surface area contributed by atoms with Gasteiger partial charge in [0.25, 0.3) is 0 Å². The van der Waals surface area contributed by atoms with Crippen LogP contribution in [0, 0.1) is 0 Å². The van der Waals surface area contributed by atoms with E-state index in [0.717, 1.165) is 25.7 Å². The minimum Gasteiger partial charge on any atom is -0.460 e. The highest BCUT2D eigenvalue weighted by Gasteiger charge is 2.31. The zero-order chi connectivity index (χ0) is 10.8. The number of hydrogen-bond acceptors (Lipinski definition) is 2. The molecule has 0 bridgehead atoms. The molecule has 80 valence electrons. The molecule has 0 unspecified atom stereocenters. The van der Waals surface area contributed by atoms with Crippen molar-refractivity contribution in [2.75, 3.05) is 0 Å². The largest absolute Gasteiger partial charge is 0.460 e. The van der Waals surface area contributed by atoms with Gasteiger partial charge in [-0.1, -0.05) is 11.1 Å². The van der Waals surface area contributed by atoms with Crippen molar-refractivity contribution in [3.8, 4) is 0 Å². The average molecular weight is 196 g/mol. The van der Waals surface area contributed by atoms with Crippen LogP contribution >= 0.6 is 0 Å². The maximum Gasteiger partial charge on any atom is 0.303 e. The van der Waals surface area contributed by atoms with Crippen LogP contribution in [0.4, 0.5) is 0 Å². The van der Waals surface area contributed by atoms with Crippen LogP contribution in [0.2, 0.25) is 0 Å². The van der Waals surface area contributed by atoms with Gasteiger partial charge in [0, 0.05) is 6.92 Å². The molecule has 1 aliphatic carbocycles. The second-order valence-corrected chi connectivity index (χ2v) is 4.65. The lowest BCUT2D eigenvalue weighted by molar-refractivity contribution is -0.157. The molecule has 0 N–H and O–H groups in total. The summed E-state index contributed by atoms with van der Waals surface area (Å²) in [7, 11) is 0. The molecule has 0 saturated heterocycles. The van der Waals surface area contributed by atoms with Gasteiger partial charge < -0.3 is 4.74 Å². The summed E-state index contributed by atoms with van der Waals surface area (Å²) < 4.78 is 5.35. The minimum atomic E-state index is -0.217. The lowest BCUT2D eigenvalue weighted by Crippen LogP contribution is -2.33. The lowest BCUT2D eigenvalue weighted by atomic mass is 9.82. The Hall–Kier alpha value is -0.790. The van der Waals surface area contributed by atoms with E-state index >= 15 is 0 Å². The van der Waals surface area contributed by atoms with E-state index in [1.807, 2.05) is 6.92 Å². The molecule has 0 aliphatic heterocycles. The maximum atomic E-state index is 10.9. The fourth-order valence-electron chi connectivity index (χ4n) is 2.03. The Morgan fingerprint density at radius 1 is 1.21 bits per heavy atom. The molecule has 0 aromatic heterocycles. The molecule has 1 fully saturated rings. The molecular weight excluding hydrogens is 176 g/mol. The van der Waals surface area contributed by atoms with Crippen molar-refractivity contribution in [1.82, 2.24) is 0 Å². The second-order valence-electron chi connectivity index (χ2n) is 4.65. The van der Waals surface area contributed by atoms with E-state index in [1.165, 1.54) is 18.1 Å². The molecule has 14 heavy (non-hydrogen) atoms. The van der Waals surface area contributed by atoms with Crippen LogP contribution in [0.15, 0.2) is 11.1 Å². The SMILES string of the molecule is CC(=O)OC1(C)CCC(=C(C)C)CC1. The zero-order valence-corrected chi connectivity index (χ0v) is 9.64. The van der Waals surface area contributed by atoms with Gasteiger partial charge in [0.15, 0.2) is 0 Å². The molecule has 0 aromatic rings. The first-order valence-electron chi connectivity index (χ1n) is 5.28. The van der Waals surface area contributed by atoms with E-state index in [-0.39, 0.29) is 11.6 Å². The Labute approximate surface area is 86.3 Å². The molecule has 2 heteroatoms. The quantitative estimate of drug-likeness (QED) is 0.475. The third-order valence-electron chi connectivity index (χ3n) is 3.01. The standard InChI is InChI=1S/C12H20O2/c1-9(2)11-5-7-12(4,8-6-11)14-10(3)13/h5-8H2,1-4H3. The van der Waals surface area contributed by atoms with E-state index in [4.69, 9.17) is 4.74 Å². The van der Waals surface area contributed by atoms with Crippen molar-refractivity contribution >= 4 is 5.97 Å². The summed E-state index contributed by atoms with van der Waals surface area (Å²) in [6, 6.07) is 0. The fraction of sp³-hybridized carbons (Fsp3) is 0.750. The molecule has 0 amide bonds. The van der Waals surface area contributed by atoms with Crippen molar-refractivity contribution < 1.29 is 9.53 Å². The molecule has 0 radical (unpaired) electrons. The van der Waals surface area contributed by atoms with Crippen molar-refractivity contribution in [3.63, 3.8) is 0 Å². The highest BCUT2D eigenvalue weighted by molar-refractivity contribution is 5.66. The summed E-state index contributed by atoms with van der Waals surface area (Å²) >= 11 is 0. The van der Waals surface area contributed by atoms with Crippen LogP contribution in [-0.2, 0) is 9.53 Å². The molecule has 1 aliphatic rings. The molecule has 0 spiro atoms. The second kappa shape index (κ2) is 4.16. The highest BCUT2D eigenvalue weighted by Crippen LogP contribution is 2.35. The summed E-state index contributed by atoms with van der Waals surface area (Å²) in [5, 5.41) is 0. The first kappa shape index (κ1) is 11.3. The molecule has 2 nitrogen and oxygen atoms in total. The Morgan fingerprint density at radius 2 is 1.71 bits per heavy atom. The highest BCUT2D eigenvalue weighted by atomic mass is 16.6. The average Bonchev–Trinajstić information content (AvgIpc) is 2.02. The normalized spacial score (nSPS) is 27.3. The molecular formula is C12H20O2. The van der Waals surface area contributed by atoms with E-state index in [2.05, 4.69) is 13.8 Å². The van der Waals surface area contributed by atoms with E-state index in [9.17, 15) is 4.79 Å². The van der Waals surface area contributed by atoms with Crippen molar-refractivity contribution in [2.45, 2.75) is 59.0 Å². The van der Waals surface area contributed by atoms with Gasteiger partial charge in [-0.25, -0.2) is 0 Å². The van der Waals surface area contributed by atoms with Gasteiger partial charge in [0.1, 0.15) is 5.60 Å². The molecule has 0 atom stereocenters. The Morgan fingerprint density at radius 3 is 2.07 bits per heavy atom. The maximum absolute atomic E-state index is 10.9. The van der Waals surface area contributed by atoms with Gasteiger partial charge in [0.2, 0.25) is 0 Å². The van der Waals surface area contributed by atoms with E-state index in [0.29, 0.717) is 0 Å². The van der Waals surface area contributed by atoms with Crippen LogP contribution in [0.1, 0.15) is 53.4 Å². The van der Waals surface area contributed by atoms with Crippen LogP contribution in [0.5, 0.6) is 0 Å². The van der Waals surface area contributed by atoms with Gasteiger partial charge in [-0.05, 0) is 46.5 Å². The Bertz CT molecular complexity index is 249. The Kier molecular flexibility index (Phi) is 3.35. The summed E-state index contributed by atoms with van der Waals surface area (Å²) in [5.74, 6) is -0.159. The van der Waals surface area contributed by atoms with Crippen LogP contribution < -0.4 is 0 Å². The first-order chi connectivity index (χ1) is 6.43. The molecule has 0 heterocycles. The van der Waals surface area contributed by atoms with E-state index in [1.54, 1.807) is 0 Å². The van der Waals surface area contributed by atoms with Crippen LogP contribution in [0.25, 0.3) is 0 Å². The summed E-state index contributed by atoms with van der Waals surface area (Å²) in [6.07, 6.45) is 4.08. The number of esters is 1. The smallest absolute Gasteiger partial charge is 0.303 e. The molecule has 0 aromatic carbocycles. The Balaban J connectivity index is 2.57. The van der Waals surface area contributed by atoms with Crippen LogP contribution in [0.3, 0.4) is 0 Å². The predicted molar refractivity (Wildman–Crippen MR) is 57.0 cm³/mol.